The second kappa shape index (κ2) is 7.79. The van der Waals surface area contributed by atoms with E-state index < -0.39 is 0 Å². The summed E-state index contributed by atoms with van der Waals surface area (Å²) in [4.78, 5) is 9.73. The van der Waals surface area contributed by atoms with Crippen LogP contribution >= 0.6 is 11.6 Å². The molecule has 1 heterocycles. The lowest BCUT2D eigenvalue weighted by Gasteiger charge is -2.11. The molecule has 1 aromatic heterocycles. The van der Waals surface area contributed by atoms with Crippen molar-refractivity contribution in [1.29, 1.82) is 0 Å². The molecule has 4 rings (SSSR count). The number of hydrogen-bond donors (Lipinski definition) is 1. The van der Waals surface area contributed by atoms with E-state index in [2.05, 4.69) is 24.3 Å². The van der Waals surface area contributed by atoms with Crippen LogP contribution in [0.25, 0.3) is 11.4 Å². The first kappa shape index (κ1) is 18.1. The highest BCUT2D eigenvalue weighted by molar-refractivity contribution is 6.30. The van der Waals surface area contributed by atoms with Crippen molar-refractivity contribution in [1.82, 2.24) is 9.97 Å². The molecule has 0 amide bonds. The van der Waals surface area contributed by atoms with Crippen molar-refractivity contribution >= 4 is 11.6 Å². The summed E-state index contributed by atoms with van der Waals surface area (Å²) >= 11 is 6.16. The Kier molecular flexibility index (Phi) is 5.24. The van der Waals surface area contributed by atoms with Crippen LogP contribution in [0.15, 0.2) is 48.5 Å². The number of aliphatic hydroxyl groups is 1. The predicted molar refractivity (Wildman–Crippen MR) is 109 cm³/mol. The Labute approximate surface area is 165 Å². The van der Waals surface area contributed by atoms with E-state index in [1.807, 2.05) is 31.2 Å². The van der Waals surface area contributed by atoms with Crippen LogP contribution in [-0.2, 0) is 25.7 Å². The highest BCUT2D eigenvalue weighted by Crippen LogP contribution is 2.28. The van der Waals surface area contributed by atoms with Gasteiger partial charge >= 0.3 is 0 Å². The van der Waals surface area contributed by atoms with Gasteiger partial charge in [-0.15, -0.1) is 0 Å². The molecule has 138 valence electrons. The minimum atomic E-state index is -0.318. The number of benzene rings is 2. The second-order valence-electron chi connectivity index (χ2n) is 7.33. The van der Waals surface area contributed by atoms with Crippen LogP contribution in [0.4, 0.5) is 0 Å². The van der Waals surface area contributed by atoms with Crippen molar-refractivity contribution in [2.24, 2.45) is 0 Å². The maximum absolute atomic E-state index is 9.55. The first-order valence-corrected chi connectivity index (χ1v) is 9.87. The van der Waals surface area contributed by atoms with Crippen LogP contribution in [-0.4, -0.2) is 21.2 Å². The lowest BCUT2D eigenvalue weighted by atomic mass is 10.0. The number of aromatic nitrogens is 2. The van der Waals surface area contributed by atoms with Gasteiger partial charge in [0.2, 0.25) is 0 Å². The molecule has 0 bridgehead atoms. The SMILES string of the molecule is CC(O)Cc1ccc(Cc2nc(-c3cccc(Cl)c3)nc3c2CCC3)cc1. The number of aliphatic hydroxyl groups excluding tert-OH is 1. The second-order valence-corrected chi connectivity index (χ2v) is 7.77. The molecule has 27 heavy (non-hydrogen) atoms. The van der Waals surface area contributed by atoms with E-state index in [0.29, 0.717) is 11.4 Å². The third-order valence-electron chi connectivity index (χ3n) is 5.03. The first-order valence-electron chi connectivity index (χ1n) is 9.49. The molecule has 0 saturated heterocycles. The Balaban J connectivity index is 1.66. The third-order valence-corrected chi connectivity index (χ3v) is 5.26. The minimum absolute atomic E-state index is 0.318. The van der Waals surface area contributed by atoms with Crippen molar-refractivity contribution in [2.75, 3.05) is 0 Å². The fourth-order valence-corrected chi connectivity index (χ4v) is 3.93. The van der Waals surface area contributed by atoms with Crippen LogP contribution in [0.2, 0.25) is 5.02 Å². The average Bonchev–Trinajstić information content (AvgIpc) is 3.12. The van der Waals surface area contributed by atoms with Crippen molar-refractivity contribution in [3.8, 4) is 11.4 Å². The summed E-state index contributed by atoms with van der Waals surface area (Å²) in [5.41, 5.74) is 6.96. The van der Waals surface area contributed by atoms with Crippen LogP contribution in [0.1, 0.15) is 41.4 Å². The molecule has 3 aromatic rings. The Morgan fingerprint density at radius 3 is 2.56 bits per heavy atom. The fourth-order valence-electron chi connectivity index (χ4n) is 3.74. The smallest absolute Gasteiger partial charge is 0.159 e. The fraction of sp³-hybridized carbons (Fsp3) is 0.304. The number of nitrogens with zero attached hydrogens (tertiary/aromatic N) is 2. The number of aryl methyl sites for hydroxylation is 1. The van der Waals surface area contributed by atoms with E-state index in [1.54, 1.807) is 0 Å². The van der Waals surface area contributed by atoms with Gasteiger partial charge in [-0.05, 0) is 61.4 Å². The topological polar surface area (TPSA) is 46.0 Å². The van der Waals surface area contributed by atoms with Crippen LogP contribution < -0.4 is 0 Å². The van der Waals surface area contributed by atoms with Crippen LogP contribution in [0.3, 0.4) is 0 Å². The summed E-state index contributed by atoms with van der Waals surface area (Å²) < 4.78 is 0. The molecule has 1 aliphatic rings. The van der Waals surface area contributed by atoms with Gasteiger partial charge in [0.25, 0.3) is 0 Å². The predicted octanol–water partition coefficient (Wildman–Crippen LogP) is 4.80. The van der Waals surface area contributed by atoms with Crippen molar-refractivity contribution in [3.63, 3.8) is 0 Å². The third kappa shape index (κ3) is 4.20. The van der Waals surface area contributed by atoms with Crippen molar-refractivity contribution in [3.05, 3.63) is 81.6 Å². The molecular weight excluding hydrogens is 356 g/mol. The molecule has 0 spiro atoms. The van der Waals surface area contributed by atoms with Gasteiger partial charge in [-0.2, -0.15) is 0 Å². The average molecular weight is 379 g/mol. The van der Waals surface area contributed by atoms with Gasteiger partial charge in [0, 0.05) is 22.7 Å². The zero-order valence-electron chi connectivity index (χ0n) is 15.5. The largest absolute Gasteiger partial charge is 0.393 e. The standard InChI is InChI=1S/C23H23ClN2O/c1-15(27)12-16-8-10-17(11-9-16)13-22-20-6-3-7-21(20)25-23(26-22)18-4-2-5-19(24)14-18/h2,4-5,8-11,14-15,27H,3,6-7,12-13H2,1H3. The molecule has 3 nitrogen and oxygen atoms in total. The van der Waals surface area contributed by atoms with E-state index in [-0.39, 0.29) is 6.10 Å². The first-order chi connectivity index (χ1) is 13.1. The summed E-state index contributed by atoms with van der Waals surface area (Å²) in [5.74, 6) is 0.763. The van der Waals surface area contributed by atoms with Gasteiger partial charge < -0.3 is 5.11 Å². The van der Waals surface area contributed by atoms with Crippen LogP contribution in [0.5, 0.6) is 0 Å². The van der Waals surface area contributed by atoms with Gasteiger partial charge in [-0.25, -0.2) is 9.97 Å². The molecule has 2 aromatic carbocycles. The molecule has 1 unspecified atom stereocenters. The number of rotatable bonds is 5. The Bertz CT molecular complexity index is 951. The summed E-state index contributed by atoms with van der Waals surface area (Å²) in [6.07, 6.45) is 4.38. The van der Waals surface area contributed by atoms with Crippen molar-refractivity contribution in [2.45, 2.75) is 45.1 Å². The Morgan fingerprint density at radius 1 is 1.04 bits per heavy atom. The van der Waals surface area contributed by atoms with Gasteiger partial charge in [0.05, 0.1) is 11.8 Å². The highest BCUT2D eigenvalue weighted by atomic mass is 35.5. The summed E-state index contributed by atoms with van der Waals surface area (Å²) in [6, 6.07) is 16.2. The molecule has 0 saturated carbocycles. The molecule has 4 heteroatoms. The van der Waals surface area contributed by atoms with E-state index in [9.17, 15) is 5.11 Å². The van der Waals surface area contributed by atoms with E-state index in [1.165, 1.54) is 16.8 Å². The molecular formula is C23H23ClN2O. The molecule has 0 fully saturated rings. The zero-order chi connectivity index (χ0) is 18.8. The number of halogens is 1. The van der Waals surface area contributed by atoms with Gasteiger partial charge in [-0.1, -0.05) is 48.0 Å². The monoisotopic (exact) mass is 378 g/mol. The molecule has 1 aliphatic carbocycles. The highest BCUT2D eigenvalue weighted by Gasteiger charge is 2.20. The molecule has 1 N–H and O–H groups in total. The molecule has 1 atom stereocenters. The number of hydrogen-bond acceptors (Lipinski definition) is 3. The van der Waals surface area contributed by atoms with Gasteiger partial charge in [0.15, 0.2) is 5.82 Å². The molecule has 0 radical (unpaired) electrons. The van der Waals surface area contributed by atoms with E-state index in [4.69, 9.17) is 21.6 Å². The summed E-state index contributed by atoms with van der Waals surface area (Å²) in [5, 5.41) is 10.2. The van der Waals surface area contributed by atoms with Gasteiger partial charge in [0.1, 0.15) is 0 Å². The number of fused-ring (bicyclic) bond motifs is 1. The maximum Gasteiger partial charge on any atom is 0.159 e. The Morgan fingerprint density at radius 2 is 1.81 bits per heavy atom. The van der Waals surface area contributed by atoms with E-state index in [0.717, 1.165) is 48.3 Å². The van der Waals surface area contributed by atoms with Crippen molar-refractivity contribution < 1.29 is 5.11 Å². The molecule has 0 aliphatic heterocycles. The zero-order valence-corrected chi connectivity index (χ0v) is 16.2. The lowest BCUT2D eigenvalue weighted by Crippen LogP contribution is -2.05. The quantitative estimate of drug-likeness (QED) is 0.693. The van der Waals surface area contributed by atoms with Crippen LogP contribution in [0, 0.1) is 0 Å². The summed E-state index contributed by atoms with van der Waals surface area (Å²) in [7, 11) is 0. The minimum Gasteiger partial charge on any atom is -0.393 e. The van der Waals surface area contributed by atoms with E-state index >= 15 is 0 Å². The maximum atomic E-state index is 9.55. The lowest BCUT2D eigenvalue weighted by molar-refractivity contribution is 0.195. The van der Waals surface area contributed by atoms with Gasteiger partial charge in [-0.3, -0.25) is 0 Å². The Hall–Kier alpha value is -2.23. The summed E-state index contributed by atoms with van der Waals surface area (Å²) in [6.45, 7) is 1.81. The normalized spacial score (nSPS) is 14.2.